The second kappa shape index (κ2) is 7.09. The Labute approximate surface area is 181 Å². The van der Waals surface area contributed by atoms with Crippen LogP contribution in [-0.4, -0.2) is 46.7 Å². The zero-order valence-electron chi connectivity index (χ0n) is 17.9. The summed E-state index contributed by atoms with van der Waals surface area (Å²) >= 11 is 1.74. The van der Waals surface area contributed by atoms with Crippen molar-refractivity contribution in [3.8, 4) is 0 Å². The molecule has 1 aromatic carbocycles. The van der Waals surface area contributed by atoms with Gasteiger partial charge in [0.25, 0.3) is 5.91 Å². The van der Waals surface area contributed by atoms with Crippen molar-refractivity contribution in [2.45, 2.75) is 63.6 Å². The highest BCUT2D eigenvalue weighted by atomic mass is 32.2. The average Bonchev–Trinajstić information content (AvgIpc) is 3.46. The predicted molar refractivity (Wildman–Crippen MR) is 116 cm³/mol. The van der Waals surface area contributed by atoms with E-state index in [1.165, 1.54) is 0 Å². The Balaban J connectivity index is 1.64. The Bertz CT molecular complexity index is 942. The van der Waals surface area contributed by atoms with Crippen molar-refractivity contribution in [2.75, 3.05) is 17.3 Å². The van der Waals surface area contributed by atoms with Crippen LogP contribution in [0.3, 0.4) is 0 Å². The summed E-state index contributed by atoms with van der Waals surface area (Å²) in [6.07, 6.45) is 6.78. The summed E-state index contributed by atoms with van der Waals surface area (Å²) in [5.74, 6) is -0.416. The SMILES string of the molecule is CSCC[C@@H]1[NH2+][C@]2(C(=O)Nc3c2ccc(C)c3C)[C@@H]2C(=O)N(C3CCCC3)C(=O)[C@H]12. The highest BCUT2D eigenvalue weighted by Crippen LogP contribution is 2.51. The van der Waals surface area contributed by atoms with Crippen LogP contribution in [0.15, 0.2) is 12.1 Å². The number of nitrogens with zero attached hydrogens (tertiary/aromatic N) is 1. The quantitative estimate of drug-likeness (QED) is 0.715. The van der Waals surface area contributed by atoms with Gasteiger partial charge in [0.1, 0.15) is 17.9 Å². The zero-order valence-corrected chi connectivity index (χ0v) is 18.7. The number of quaternary nitrogens is 1. The number of nitrogens with two attached hydrogens (primary N) is 1. The number of likely N-dealkylation sites (tertiary alicyclic amines) is 1. The zero-order chi connectivity index (χ0) is 21.2. The molecular weight excluding hydrogens is 398 g/mol. The molecule has 160 valence electrons. The van der Waals surface area contributed by atoms with Crippen LogP contribution in [0, 0.1) is 25.7 Å². The third kappa shape index (κ3) is 2.51. The minimum atomic E-state index is -1.03. The number of anilines is 1. The molecule has 0 bridgehead atoms. The molecule has 2 saturated heterocycles. The number of hydrogen-bond donors (Lipinski definition) is 2. The molecule has 3 N–H and O–H groups in total. The molecule has 4 atom stereocenters. The molecule has 5 rings (SSSR count). The third-order valence-electron chi connectivity index (χ3n) is 7.95. The summed E-state index contributed by atoms with van der Waals surface area (Å²) in [6.45, 7) is 4.04. The molecular formula is C23H30N3O3S+. The lowest BCUT2D eigenvalue weighted by Gasteiger charge is -2.29. The van der Waals surface area contributed by atoms with Gasteiger partial charge in [-0.1, -0.05) is 18.9 Å². The Morgan fingerprint density at radius 3 is 2.60 bits per heavy atom. The molecule has 1 saturated carbocycles. The van der Waals surface area contributed by atoms with E-state index in [1.54, 1.807) is 16.7 Å². The molecule has 3 amide bonds. The van der Waals surface area contributed by atoms with Gasteiger partial charge < -0.3 is 10.6 Å². The van der Waals surface area contributed by atoms with Crippen LogP contribution in [0.5, 0.6) is 0 Å². The number of carbonyl (C=O) groups excluding carboxylic acids is 3. The minimum Gasteiger partial charge on any atom is -0.326 e. The van der Waals surface area contributed by atoms with Crippen LogP contribution in [-0.2, 0) is 19.9 Å². The molecule has 1 aromatic rings. The van der Waals surface area contributed by atoms with E-state index in [4.69, 9.17) is 0 Å². The summed E-state index contributed by atoms with van der Waals surface area (Å²) in [6, 6.07) is 3.99. The van der Waals surface area contributed by atoms with E-state index in [-0.39, 0.29) is 29.8 Å². The van der Waals surface area contributed by atoms with Crippen molar-refractivity contribution in [2.24, 2.45) is 11.8 Å². The van der Waals surface area contributed by atoms with Gasteiger partial charge in [-0.15, -0.1) is 0 Å². The standard InChI is InChI=1S/C23H29N3O3S/c1-12-8-9-15-19(13(12)2)24-22(29)23(15)18-17(16(25-23)10-11-30-3)20(27)26(21(18)28)14-6-4-5-7-14/h8-9,14,16-18,25H,4-7,10-11H2,1-3H3,(H,24,29)/p+1/t16-,17+,18-,23-/m0/s1. The fourth-order valence-corrected chi connectivity index (χ4v) is 6.85. The first-order valence-electron chi connectivity index (χ1n) is 11.1. The Kier molecular flexibility index (Phi) is 4.74. The van der Waals surface area contributed by atoms with Crippen LogP contribution in [0.4, 0.5) is 5.69 Å². The van der Waals surface area contributed by atoms with Crippen molar-refractivity contribution in [3.63, 3.8) is 0 Å². The monoisotopic (exact) mass is 428 g/mol. The summed E-state index contributed by atoms with van der Waals surface area (Å²) in [5.41, 5.74) is 2.84. The maximum absolute atomic E-state index is 13.8. The van der Waals surface area contributed by atoms with Crippen LogP contribution < -0.4 is 10.6 Å². The normalized spacial score (nSPS) is 33.0. The van der Waals surface area contributed by atoms with Gasteiger partial charge in [0.15, 0.2) is 0 Å². The summed E-state index contributed by atoms with van der Waals surface area (Å²) in [5, 5.41) is 5.16. The molecule has 3 heterocycles. The lowest BCUT2D eigenvalue weighted by molar-refractivity contribution is -0.733. The number of nitrogens with one attached hydrogen (secondary N) is 1. The van der Waals surface area contributed by atoms with Crippen LogP contribution in [0.25, 0.3) is 0 Å². The number of carbonyl (C=O) groups is 3. The second-order valence-electron chi connectivity index (χ2n) is 9.35. The van der Waals surface area contributed by atoms with E-state index >= 15 is 0 Å². The number of aryl methyl sites for hydroxylation is 1. The summed E-state index contributed by atoms with van der Waals surface area (Å²) in [4.78, 5) is 42.5. The molecule has 1 spiro atoms. The molecule has 0 aromatic heterocycles. The molecule has 30 heavy (non-hydrogen) atoms. The highest BCUT2D eigenvalue weighted by Gasteiger charge is 2.74. The Morgan fingerprint density at radius 2 is 1.90 bits per heavy atom. The number of thioether (sulfide) groups is 1. The van der Waals surface area contributed by atoms with Gasteiger partial charge in [-0.3, -0.25) is 19.3 Å². The molecule has 3 fully saturated rings. The van der Waals surface area contributed by atoms with Gasteiger partial charge in [-0.25, -0.2) is 0 Å². The predicted octanol–water partition coefficient (Wildman–Crippen LogP) is 1.69. The lowest BCUT2D eigenvalue weighted by Crippen LogP contribution is -2.99. The Hall–Kier alpha value is -1.86. The number of rotatable bonds is 4. The largest absolute Gasteiger partial charge is 0.326 e. The number of fused-ring (bicyclic) bond motifs is 4. The number of imide groups is 1. The highest BCUT2D eigenvalue weighted by molar-refractivity contribution is 7.98. The summed E-state index contributed by atoms with van der Waals surface area (Å²) < 4.78 is 0. The van der Waals surface area contributed by atoms with E-state index in [1.807, 2.05) is 26.0 Å². The maximum Gasteiger partial charge on any atom is 0.291 e. The van der Waals surface area contributed by atoms with E-state index in [0.29, 0.717) is 0 Å². The van der Waals surface area contributed by atoms with Gasteiger partial charge in [-0.2, -0.15) is 11.8 Å². The van der Waals surface area contributed by atoms with Crippen molar-refractivity contribution in [3.05, 3.63) is 28.8 Å². The van der Waals surface area contributed by atoms with E-state index in [2.05, 4.69) is 16.9 Å². The van der Waals surface area contributed by atoms with Gasteiger partial charge in [0.05, 0.1) is 5.69 Å². The molecule has 3 aliphatic heterocycles. The van der Waals surface area contributed by atoms with Crippen molar-refractivity contribution < 1.29 is 19.7 Å². The number of benzene rings is 1. The van der Waals surface area contributed by atoms with Crippen molar-refractivity contribution in [1.29, 1.82) is 0 Å². The van der Waals surface area contributed by atoms with Gasteiger partial charge in [-0.05, 0) is 55.9 Å². The average molecular weight is 429 g/mol. The topological polar surface area (TPSA) is 83.1 Å². The molecule has 1 aliphatic carbocycles. The summed E-state index contributed by atoms with van der Waals surface area (Å²) in [7, 11) is 0. The van der Waals surface area contributed by atoms with Crippen LogP contribution >= 0.6 is 11.8 Å². The molecule has 0 radical (unpaired) electrons. The number of hydrogen-bond acceptors (Lipinski definition) is 4. The van der Waals surface area contributed by atoms with Crippen molar-refractivity contribution in [1.82, 2.24) is 4.90 Å². The second-order valence-corrected chi connectivity index (χ2v) is 10.3. The van der Waals surface area contributed by atoms with E-state index in [9.17, 15) is 14.4 Å². The third-order valence-corrected chi connectivity index (χ3v) is 8.60. The fourth-order valence-electron chi connectivity index (χ4n) is 6.34. The van der Waals surface area contributed by atoms with Gasteiger partial charge >= 0.3 is 0 Å². The smallest absolute Gasteiger partial charge is 0.291 e. The number of amides is 3. The molecule has 7 heteroatoms. The first-order chi connectivity index (χ1) is 14.4. The van der Waals surface area contributed by atoms with E-state index in [0.717, 1.165) is 60.2 Å². The lowest BCUT2D eigenvalue weighted by atomic mass is 9.76. The van der Waals surface area contributed by atoms with Crippen LogP contribution in [0.2, 0.25) is 0 Å². The van der Waals surface area contributed by atoms with Gasteiger partial charge in [0, 0.05) is 18.0 Å². The fraction of sp³-hybridized carbons (Fsp3) is 0.609. The van der Waals surface area contributed by atoms with E-state index < -0.39 is 17.4 Å². The maximum atomic E-state index is 13.8. The minimum absolute atomic E-state index is 0.0116. The van der Waals surface area contributed by atoms with Crippen molar-refractivity contribution >= 4 is 35.2 Å². The van der Waals surface area contributed by atoms with Crippen LogP contribution in [0.1, 0.15) is 48.8 Å². The Morgan fingerprint density at radius 1 is 1.17 bits per heavy atom. The first-order valence-corrected chi connectivity index (χ1v) is 12.4. The molecule has 6 nitrogen and oxygen atoms in total. The first kappa shape index (κ1) is 20.1. The molecule has 4 aliphatic rings. The van der Waals surface area contributed by atoms with Gasteiger partial charge in [0.2, 0.25) is 17.4 Å². The molecule has 0 unspecified atom stereocenters.